The van der Waals surface area contributed by atoms with Gasteiger partial charge in [0.25, 0.3) is 5.91 Å². The maximum Gasteiger partial charge on any atom is 0.263 e. The Morgan fingerprint density at radius 2 is 1.69 bits per heavy atom. The number of amides is 1. The largest absolute Gasteiger partial charge is 0.481 e. The highest BCUT2D eigenvalue weighted by Gasteiger charge is 2.26. The van der Waals surface area contributed by atoms with E-state index in [2.05, 4.69) is 4.90 Å². The third-order valence-electron chi connectivity index (χ3n) is 4.99. The second-order valence-electron chi connectivity index (χ2n) is 6.75. The van der Waals surface area contributed by atoms with Crippen LogP contribution in [0.25, 0.3) is 0 Å². The van der Waals surface area contributed by atoms with E-state index in [0.29, 0.717) is 13.1 Å². The number of hydrogen-bond donors (Lipinski definition) is 0. The highest BCUT2D eigenvalue weighted by Crippen LogP contribution is 2.23. The van der Waals surface area contributed by atoms with E-state index in [4.69, 9.17) is 4.74 Å². The van der Waals surface area contributed by atoms with Gasteiger partial charge in [0.15, 0.2) is 6.10 Å². The summed E-state index contributed by atoms with van der Waals surface area (Å²) in [4.78, 5) is 16.7. The molecule has 0 aromatic heterocycles. The van der Waals surface area contributed by atoms with Crippen molar-refractivity contribution in [1.29, 1.82) is 0 Å². The number of carbonyl (C=O) groups is 1. The van der Waals surface area contributed by atoms with Crippen LogP contribution in [-0.4, -0.2) is 43.1 Å². The maximum absolute atomic E-state index is 13.1. The van der Waals surface area contributed by atoms with Gasteiger partial charge in [-0.2, -0.15) is 0 Å². The number of aryl methyl sites for hydroxylation is 1. The first kappa shape index (κ1) is 18.2. The number of nitrogens with zero attached hydrogens (tertiary/aromatic N) is 2. The molecule has 0 unspecified atom stereocenters. The molecule has 1 atom stereocenters. The van der Waals surface area contributed by atoms with Gasteiger partial charge in [0, 0.05) is 31.9 Å². The third kappa shape index (κ3) is 3.98. The van der Waals surface area contributed by atoms with E-state index in [-0.39, 0.29) is 11.7 Å². The van der Waals surface area contributed by atoms with Gasteiger partial charge in [0.1, 0.15) is 11.6 Å². The van der Waals surface area contributed by atoms with Crippen LogP contribution >= 0.6 is 0 Å². The normalized spacial score (nSPS) is 15.7. The van der Waals surface area contributed by atoms with Crippen molar-refractivity contribution in [3.8, 4) is 5.75 Å². The van der Waals surface area contributed by atoms with Crippen molar-refractivity contribution in [3.05, 3.63) is 59.4 Å². The van der Waals surface area contributed by atoms with Gasteiger partial charge in [-0.15, -0.1) is 0 Å². The third-order valence-corrected chi connectivity index (χ3v) is 4.99. The van der Waals surface area contributed by atoms with E-state index in [1.54, 1.807) is 19.1 Å². The van der Waals surface area contributed by atoms with Crippen LogP contribution in [0.15, 0.2) is 42.5 Å². The standard InChI is InChI=1S/C21H25FN2O2/c1-15-5-4-6-20(16(15)2)26-17(3)21(25)24-13-11-23(12-14-24)19-9-7-18(22)8-10-19/h4-10,17H,11-14H2,1-3H3/t17-/m0/s1. The molecule has 0 saturated carbocycles. The SMILES string of the molecule is Cc1cccc(O[C@@H](C)C(=O)N2CCN(c3ccc(F)cc3)CC2)c1C. The van der Waals surface area contributed by atoms with Gasteiger partial charge in [0.2, 0.25) is 0 Å². The molecule has 4 nitrogen and oxygen atoms in total. The molecular weight excluding hydrogens is 331 g/mol. The molecule has 1 aliphatic heterocycles. The van der Waals surface area contributed by atoms with Crippen molar-refractivity contribution in [2.45, 2.75) is 26.9 Å². The average molecular weight is 356 g/mol. The van der Waals surface area contributed by atoms with E-state index >= 15 is 0 Å². The van der Waals surface area contributed by atoms with E-state index in [1.807, 2.05) is 36.9 Å². The molecule has 26 heavy (non-hydrogen) atoms. The first-order chi connectivity index (χ1) is 12.5. The number of halogens is 1. The van der Waals surface area contributed by atoms with Crippen LogP contribution in [0.3, 0.4) is 0 Å². The molecule has 1 heterocycles. The predicted molar refractivity (Wildman–Crippen MR) is 101 cm³/mol. The zero-order valence-electron chi connectivity index (χ0n) is 15.5. The molecule has 2 aromatic carbocycles. The average Bonchev–Trinajstić information content (AvgIpc) is 2.65. The van der Waals surface area contributed by atoms with Crippen LogP contribution in [-0.2, 0) is 4.79 Å². The van der Waals surface area contributed by atoms with Crippen LogP contribution < -0.4 is 9.64 Å². The fraction of sp³-hybridized carbons (Fsp3) is 0.381. The zero-order chi connectivity index (χ0) is 18.7. The van der Waals surface area contributed by atoms with Gasteiger partial charge >= 0.3 is 0 Å². The summed E-state index contributed by atoms with van der Waals surface area (Å²) in [6, 6.07) is 12.4. The fourth-order valence-corrected chi connectivity index (χ4v) is 3.19. The van der Waals surface area contributed by atoms with Crippen LogP contribution in [0.5, 0.6) is 5.75 Å². The highest BCUT2D eigenvalue weighted by molar-refractivity contribution is 5.81. The summed E-state index contributed by atoms with van der Waals surface area (Å²) < 4.78 is 19.0. The molecule has 5 heteroatoms. The Morgan fingerprint density at radius 3 is 2.35 bits per heavy atom. The lowest BCUT2D eigenvalue weighted by Gasteiger charge is -2.37. The lowest BCUT2D eigenvalue weighted by Crippen LogP contribution is -2.52. The molecule has 1 amide bonds. The van der Waals surface area contributed by atoms with Crippen LogP contribution in [0.2, 0.25) is 0 Å². The molecule has 0 aliphatic carbocycles. The predicted octanol–water partition coefficient (Wildman–Crippen LogP) is 3.56. The van der Waals surface area contributed by atoms with Gasteiger partial charge in [-0.05, 0) is 62.2 Å². The molecule has 0 radical (unpaired) electrons. The Labute approximate surface area is 154 Å². The number of anilines is 1. The van der Waals surface area contributed by atoms with Crippen molar-refractivity contribution in [1.82, 2.24) is 4.90 Å². The summed E-state index contributed by atoms with van der Waals surface area (Å²) in [5.41, 5.74) is 3.20. The molecular formula is C21H25FN2O2. The van der Waals surface area contributed by atoms with Gasteiger partial charge in [-0.25, -0.2) is 4.39 Å². The highest BCUT2D eigenvalue weighted by atomic mass is 19.1. The van der Waals surface area contributed by atoms with E-state index < -0.39 is 6.10 Å². The molecule has 1 fully saturated rings. The minimum atomic E-state index is -0.520. The van der Waals surface area contributed by atoms with Gasteiger partial charge in [-0.3, -0.25) is 4.79 Å². The monoisotopic (exact) mass is 356 g/mol. The number of benzene rings is 2. The Morgan fingerprint density at radius 1 is 1.04 bits per heavy atom. The number of ether oxygens (including phenoxy) is 1. The Kier molecular flexibility index (Phi) is 5.45. The van der Waals surface area contributed by atoms with Crippen molar-refractivity contribution < 1.29 is 13.9 Å². The first-order valence-corrected chi connectivity index (χ1v) is 8.98. The van der Waals surface area contributed by atoms with Crippen molar-refractivity contribution >= 4 is 11.6 Å². The van der Waals surface area contributed by atoms with E-state index in [1.165, 1.54) is 12.1 Å². The molecule has 3 rings (SSSR count). The summed E-state index contributed by atoms with van der Waals surface area (Å²) in [6.07, 6.45) is -0.520. The van der Waals surface area contributed by atoms with E-state index in [9.17, 15) is 9.18 Å². The molecule has 0 N–H and O–H groups in total. The van der Waals surface area contributed by atoms with Crippen LogP contribution in [0.1, 0.15) is 18.1 Å². The maximum atomic E-state index is 13.1. The molecule has 0 bridgehead atoms. The van der Waals surface area contributed by atoms with Gasteiger partial charge in [0.05, 0.1) is 0 Å². The quantitative estimate of drug-likeness (QED) is 0.840. The number of carbonyl (C=O) groups excluding carboxylic acids is 1. The van der Waals surface area contributed by atoms with E-state index in [0.717, 1.165) is 35.7 Å². The molecule has 0 spiro atoms. The van der Waals surface area contributed by atoms with Gasteiger partial charge in [-0.1, -0.05) is 12.1 Å². The second kappa shape index (κ2) is 7.77. The number of piperazine rings is 1. The molecule has 1 saturated heterocycles. The summed E-state index contributed by atoms with van der Waals surface area (Å²) in [7, 11) is 0. The second-order valence-corrected chi connectivity index (χ2v) is 6.75. The topological polar surface area (TPSA) is 32.8 Å². The van der Waals surface area contributed by atoms with Crippen molar-refractivity contribution in [3.63, 3.8) is 0 Å². The first-order valence-electron chi connectivity index (χ1n) is 8.98. The number of rotatable bonds is 4. The molecule has 2 aromatic rings. The van der Waals surface area contributed by atoms with Gasteiger partial charge < -0.3 is 14.5 Å². The summed E-state index contributed by atoms with van der Waals surface area (Å²) in [5.74, 6) is 0.528. The molecule has 138 valence electrons. The van der Waals surface area contributed by atoms with Crippen molar-refractivity contribution in [2.75, 3.05) is 31.1 Å². The zero-order valence-corrected chi connectivity index (χ0v) is 15.5. The van der Waals surface area contributed by atoms with Crippen LogP contribution in [0, 0.1) is 19.7 Å². The summed E-state index contributed by atoms with van der Waals surface area (Å²) in [6.45, 7) is 8.57. The van der Waals surface area contributed by atoms with Crippen molar-refractivity contribution in [2.24, 2.45) is 0 Å². The minimum absolute atomic E-state index is 0.00432. The fourth-order valence-electron chi connectivity index (χ4n) is 3.19. The Bertz CT molecular complexity index is 768. The Hall–Kier alpha value is -2.56. The lowest BCUT2D eigenvalue weighted by atomic mass is 10.1. The summed E-state index contributed by atoms with van der Waals surface area (Å²) in [5, 5.41) is 0. The lowest BCUT2D eigenvalue weighted by molar-refractivity contribution is -0.138. The minimum Gasteiger partial charge on any atom is -0.481 e. The number of hydrogen-bond acceptors (Lipinski definition) is 3. The smallest absolute Gasteiger partial charge is 0.263 e. The van der Waals surface area contributed by atoms with Crippen LogP contribution in [0.4, 0.5) is 10.1 Å². The summed E-state index contributed by atoms with van der Waals surface area (Å²) >= 11 is 0. The molecule has 1 aliphatic rings. The Balaban J connectivity index is 1.57.